The molecule has 1 saturated carbocycles. The molecule has 1 aliphatic carbocycles. The van der Waals surface area contributed by atoms with Gasteiger partial charge < -0.3 is 14.4 Å². The van der Waals surface area contributed by atoms with Crippen LogP contribution in [0.2, 0.25) is 10.0 Å². The standard InChI is InChI=1S/C22H16Cl2N2O4/c23-15-9-25-10-16(24)20(15)26(28)22(27)14-7-8-18(29-11-12-5-6-12)21-19(14)13-3-1-2-4-17(13)30-21/h1-4,7-10,12,26H,5-6,11H2. The number of rotatable bonds is 5. The van der Waals surface area contributed by atoms with Crippen molar-refractivity contribution >= 4 is 56.7 Å². The Balaban J connectivity index is 1.65. The highest BCUT2D eigenvalue weighted by Gasteiger charge is 2.28. The third-order valence-electron chi connectivity index (χ3n) is 5.19. The van der Waals surface area contributed by atoms with E-state index in [9.17, 15) is 10.0 Å². The maximum absolute atomic E-state index is 13.2. The average molecular weight is 443 g/mol. The number of carbonyl (C=O) groups is 1. The molecule has 0 radical (unpaired) electrons. The van der Waals surface area contributed by atoms with Gasteiger partial charge in [-0.05, 0) is 37.0 Å². The minimum Gasteiger partial charge on any atom is -0.621 e. The Hall–Kier alpha value is -2.64. The maximum Gasteiger partial charge on any atom is 0.350 e. The number of halogens is 2. The second-order valence-electron chi connectivity index (χ2n) is 7.30. The predicted molar refractivity (Wildman–Crippen MR) is 115 cm³/mol. The minimum atomic E-state index is -0.800. The lowest BCUT2D eigenvalue weighted by Gasteiger charge is -2.21. The van der Waals surface area contributed by atoms with E-state index >= 15 is 0 Å². The van der Waals surface area contributed by atoms with Crippen LogP contribution in [0.1, 0.15) is 23.2 Å². The first kappa shape index (κ1) is 19.3. The molecule has 1 amide bonds. The smallest absolute Gasteiger partial charge is 0.350 e. The van der Waals surface area contributed by atoms with E-state index in [-0.39, 0.29) is 21.3 Å². The summed E-state index contributed by atoms with van der Waals surface area (Å²) in [5, 5.41) is 13.5. The van der Waals surface area contributed by atoms with E-state index in [2.05, 4.69) is 4.98 Å². The summed E-state index contributed by atoms with van der Waals surface area (Å²) in [6.45, 7) is 0.598. The lowest BCUT2D eigenvalue weighted by atomic mass is 10.0. The van der Waals surface area contributed by atoms with Gasteiger partial charge in [0.25, 0.3) is 0 Å². The van der Waals surface area contributed by atoms with Crippen molar-refractivity contribution in [2.24, 2.45) is 5.92 Å². The third kappa shape index (κ3) is 3.32. The molecule has 1 fully saturated rings. The molecule has 1 atom stereocenters. The van der Waals surface area contributed by atoms with Crippen molar-refractivity contribution in [2.75, 3.05) is 6.61 Å². The molecule has 0 aliphatic heterocycles. The highest BCUT2D eigenvalue weighted by molar-refractivity contribution is 6.38. The number of amides is 1. The Morgan fingerprint density at radius 2 is 1.90 bits per heavy atom. The molecule has 0 spiro atoms. The number of pyridine rings is 1. The van der Waals surface area contributed by atoms with Gasteiger partial charge in [0.05, 0.1) is 24.6 Å². The summed E-state index contributed by atoms with van der Waals surface area (Å²) in [5.74, 6) is 0.385. The summed E-state index contributed by atoms with van der Waals surface area (Å²) in [4.78, 5) is 17.1. The first-order chi connectivity index (χ1) is 14.5. The molecule has 2 aromatic heterocycles. The summed E-state index contributed by atoms with van der Waals surface area (Å²) in [5.41, 5.74) is 1.20. The summed E-state index contributed by atoms with van der Waals surface area (Å²) < 4.78 is 12.0. The normalized spacial score (nSPS) is 14.9. The fraction of sp³-hybridized carbons (Fsp3) is 0.182. The molecule has 2 heterocycles. The van der Waals surface area contributed by atoms with Gasteiger partial charge in [-0.1, -0.05) is 41.4 Å². The molecular formula is C22H16Cl2N2O4. The zero-order valence-corrected chi connectivity index (χ0v) is 17.2. The number of aromatic nitrogens is 1. The number of hydrogen-bond donors (Lipinski definition) is 1. The van der Waals surface area contributed by atoms with E-state index in [1.54, 1.807) is 12.1 Å². The summed E-state index contributed by atoms with van der Waals surface area (Å²) in [6, 6.07) is 10.6. The molecule has 0 bridgehead atoms. The van der Waals surface area contributed by atoms with Crippen LogP contribution in [-0.2, 0) is 0 Å². The van der Waals surface area contributed by atoms with Crippen molar-refractivity contribution in [3.05, 3.63) is 69.6 Å². The van der Waals surface area contributed by atoms with Crippen LogP contribution in [0.5, 0.6) is 5.75 Å². The van der Waals surface area contributed by atoms with Crippen LogP contribution < -0.4 is 9.80 Å². The SMILES string of the molecule is O=C(c1ccc(OCC2CC2)c2oc3ccccc3c12)[NH+]([O-])c1c(Cl)cncc1Cl. The number of ether oxygens (including phenoxy) is 1. The molecule has 8 heteroatoms. The minimum absolute atomic E-state index is 0.0264. The number of carbonyl (C=O) groups excluding carboxylic acids is 1. The van der Waals surface area contributed by atoms with Gasteiger partial charge in [-0.3, -0.25) is 10.0 Å². The molecule has 152 valence electrons. The van der Waals surface area contributed by atoms with E-state index in [1.807, 2.05) is 24.3 Å². The second-order valence-corrected chi connectivity index (χ2v) is 8.12. The number of benzene rings is 2. The molecule has 1 unspecified atom stereocenters. The van der Waals surface area contributed by atoms with Crippen molar-refractivity contribution in [2.45, 2.75) is 12.8 Å². The first-order valence-electron chi connectivity index (χ1n) is 9.49. The van der Waals surface area contributed by atoms with Crippen molar-refractivity contribution < 1.29 is 19.0 Å². The zero-order valence-electron chi connectivity index (χ0n) is 15.7. The molecule has 2 aromatic carbocycles. The third-order valence-corrected chi connectivity index (χ3v) is 5.77. The molecule has 4 aromatic rings. The zero-order chi connectivity index (χ0) is 20.8. The van der Waals surface area contributed by atoms with Gasteiger partial charge in [0.2, 0.25) is 0 Å². The summed E-state index contributed by atoms with van der Waals surface area (Å²) in [6.07, 6.45) is 4.88. The van der Waals surface area contributed by atoms with Crippen molar-refractivity contribution in [1.29, 1.82) is 0 Å². The number of furan rings is 1. The Morgan fingerprint density at radius 1 is 1.17 bits per heavy atom. The number of hydroxylamine groups is 1. The quantitative estimate of drug-likeness (QED) is 0.443. The predicted octanol–water partition coefficient (Wildman–Crippen LogP) is 4.93. The first-order valence-corrected chi connectivity index (χ1v) is 10.2. The molecule has 1 aliphatic rings. The van der Waals surface area contributed by atoms with E-state index in [0.717, 1.165) is 18.2 Å². The Labute approximate surface area is 181 Å². The van der Waals surface area contributed by atoms with Gasteiger partial charge in [-0.25, -0.2) is 4.79 Å². The van der Waals surface area contributed by atoms with Crippen LogP contribution in [0.3, 0.4) is 0 Å². The van der Waals surface area contributed by atoms with E-state index < -0.39 is 11.0 Å². The Bertz CT molecular complexity index is 1260. The van der Waals surface area contributed by atoms with Crippen LogP contribution in [-0.4, -0.2) is 17.5 Å². The number of fused-ring (bicyclic) bond motifs is 3. The number of para-hydroxylation sites is 1. The molecular weight excluding hydrogens is 427 g/mol. The van der Waals surface area contributed by atoms with Crippen molar-refractivity contribution in [3.8, 4) is 5.75 Å². The molecule has 6 nitrogen and oxygen atoms in total. The molecule has 5 rings (SSSR count). The average Bonchev–Trinajstić information content (AvgIpc) is 3.49. The van der Waals surface area contributed by atoms with E-state index in [4.69, 9.17) is 32.4 Å². The number of nitrogens with zero attached hydrogens (tertiary/aromatic N) is 1. The number of quaternary nitrogens is 1. The van der Waals surface area contributed by atoms with Crippen molar-refractivity contribution in [3.63, 3.8) is 0 Å². The van der Waals surface area contributed by atoms with E-state index in [1.165, 1.54) is 12.4 Å². The lowest BCUT2D eigenvalue weighted by Crippen LogP contribution is -3.05. The van der Waals surface area contributed by atoms with Gasteiger partial charge in [-0.15, -0.1) is 0 Å². The summed E-state index contributed by atoms with van der Waals surface area (Å²) in [7, 11) is 0. The van der Waals surface area contributed by atoms with Gasteiger partial charge in [-0.2, -0.15) is 0 Å². The fourth-order valence-electron chi connectivity index (χ4n) is 3.46. The Kier molecular flexibility index (Phi) is 4.87. The topological polar surface area (TPSA) is 79.8 Å². The van der Waals surface area contributed by atoms with Crippen LogP contribution in [0.25, 0.3) is 21.9 Å². The van der Waals surface area contributed by atoms with Crippen molar-refractivity contribution in [1.82, 2.24) is 4.98 Å². The van der Waals surface area contributed by atoms with Crippen LogP contribution >= 0.6 is 23.2 Å². The van der Waals surface area contributed by atoms with Gasteiger partial charge in [0.1, 0.15) is 15.6 Å². The van der Waals surface area contributed by atoms with Crippen LogP contribution in [0.15, 0.2) is 53.2 Å². The van der Waals surface area contributed by atoms with Gasteiger partial charge in [0.15, 0.2) is 17.0 Å². The molecule has 0 saturated heterocycles. The maximum atomic E-state index is 13.2. The summed E-state index contributed by atoms with van der Waals surface area (Å²) >= 11 is 12.2. The largest absolute Gasteiger partial charge is 0.621 e. The lowest BCUT2D eigenvalue weighted by molar-refractivity contribution is -0.679. The fourth-order valence-corrected chi connectivity index (χ4v) is 4.00. The highest BCUT2D eigenvalue weighted by Crippen LogP contribution is 2.38. The van der Waals surface area contributed by atoms with E-state index in [0.29, 0.717) is 34.8 Å². The highest BCUT2D eigenvalue weighted by atomic mass is 35.5. The van der Waals surface area contributed by atoms with Gasteiger partial charge >= 0.3 is 5.91 Å². The number of nitrogens with one attached hydrogen (secondary N) is 1. The Morgan fingerprint density at radius 3 is 2.63 bits per heavy atom. The molecule has 30 heavy (non-hydrogen) atoms. The van der Waals surface area contributed by atoms with Crippen LogP contribution in [0.4, 0.5) is 5.69 Å². The van der Waals surface area contributed by atoms with Gasteiger partial charge in [0, 0.05) is 10.8 Å². The second kappa shape index (κ2) is 7.56. The monoisotopic (exact) mass is 442 g/mol. The molecule has 1 N–H and O–H groups in total. The number of hydrogen-bond acceptors (Lipinski definition) is 5. The van der Waals surface area contributed by atoms with Crippen LogP contribution in [0, 0.1) is 11.1 Å².